The number of nitrogens with zero attached hydrogens (tertiary/aromatic N) is 1. The van der Waals surface area contributed by atoms with E-state index >= 15 is 0 Å². The monoisotopic (exact) mass is 287 g/mol. The minimum atomic E-state index is -4.39. The molecule has 1 heterocycles. The second-order valence-corrected chi connectivity index (χ2v) is 4.03. The van der Waals surface area contributed by atoms with Gasteiger partial charge in [0.05, 0.1) is 5.56 Å². The minimum absolute atomic E-state index is 0.0842. The van der Waals surface area contributed by atoms with E-state index in [1.807, 2.05) is 0 Å². The molecule has 0 unspecified atom stereocenters. The quantitative estimate of drug-likeness (QED) is 0.768. The molecule has 2 rings (SSSR count). The minimum Gasteiger partial charge on any atom is -0.439 e. The molecule has 1 aromatic carbocycles. The Labute approximate surface area is 112 Å². The first-order chi connectivity index (χ1) is 8.99. The highest BCUT2D eigenvalue weighted by molar-refractivity contribution is 6.17. The van der Waals surface area contributed by atoms with Gasteiger partial charge in [-0.25, -0.2) is 4.98 Å². The molecule has 0 spiro atoms. The molecule has 0 saturated heterocycles. The SMILES string of the molecule is FC(F)(F)c1cccc(Oc2ccc(CCl)cn2)c1. The molecule has 19 heavy (non-hydrogen) atoms. The van der Waals surface area contributed by atoms with Crippen molar-refractivity contribution < 1.29 is 17.9 Å². The van der Waals surface area contributed by atoms with Crippen LogP contribution in [0.25, 0.3) is 0 Å². The van der Waals surface area contributed by atoms with Crippen molar-refractivity contribution >= 4 is 11.6 Å². The number of aromatic nitrogens is 1. The van der Waals surface area contributed by atoms with Crippen molar-refractivity contribution in [2.45, 2.75) is 12.1 Å². The van der Waals surface area contributed by atoms with E-state index in [1.165, 1.54) is 18.3 Å². The summed E-state index contributed by atoms with van der Waals surface area (Å²) in [6.07, 6.45) is -2.88. The van der Waals surface area contributed by atoms with Crippen LogP contribution in [0.3, 0.4) is 0 Å². The largest absolute Gasteiger partial charge is 0.439 e. The number of alkyl halides is 4. The Hall–Kier alpha value is -1.75. The maximum absolute atomic E-state index is 12.5. The summed E-state index contributed by atoms with van der Waals surface area (Å²) in [4.78, 5) is 3.95. The highest BCUT2D eigenvalue weighted by Crippen LogP contribution is 2.32. The lowest BCUT2D eigenvalue weighted by atomic mass is 10.2. The van der Waals surface area contributed by atoms with Gasteiger partial charge in [-0.2, -0.15) is 13.2 Å². The number of pyridine rings is 1. The molecular weight excluding hydrogens is 279 g/mol. The van der Waals surface area contributed by atoms with E-state index in [1.54, 1.807) is 12.1 Å². The molecule has 6 heteroatoms. The Morgan fingerprint density at radius 1 is 1.16 bits per heavy atom. The maximum Gasteiger partial charge on any atom is 0.416 e. The maximum atomic E-state index is 12.5. The van der Waals surface area contributed by atoms with Gasteiger partial charge < -0.3 is 4.74 Å². The lowest BCUT2D eigenvalue weighted by Gasteiger charge is -2.09. The number of ether oxygens (including phenoxy) is 1. The first-order valence-electron chi connectivity index (χ1n) is 5.35. The summed E-state index contributed by atoms with van der Waals surface area (Å²) < 4.78 is 42.8. The molecule has 0 saturated carbocycles. The zero-order chi connectivity index (χ0) is 13.9. The first-order valence-corrected chi connectivity index (χ1v) is 5.88. The van der Waals surface area contributed by atoms with Gasteiger partial charge in [0, 0.05) is 18.1 Å². The van der Waals surface area contributed by atoms with Crippen LogP contribution in [0.15, 0.2) is 42.6 Å². The summed E-state index contributed by atoms with van der Waals surface area (Å²) in [5.74, 6) is 0.616. The number of halogens is 4. The molecule has 2 nitrogen and oxygen atoms in total. The van der Waals surface area contributed by atoms with Crippen LogP contribution in [0.5, 0.6) is 11.6 Å². The van der Waals surface area contributed by atoms with Crippen LogP contribution in [0, 0.1) is 0 Å². The molecule has 0 radical (unpaired) electrons. The Bertz CT molecular complexity index is 555. The topological polar surface area (TPSA) is 22.1 Å². The highest BCUT2D eigenvalue weighted by atomic mass is 35.5. The summed E-state index contributed by atoms with van der Waals surface area (Å²) in [5.41, 5.74) is 0.0421. The molecule has 0 fully saturated rings. The third-order valence-corrected chi connectivity index (χ3v) is 2.64. The van der Waals surface area contributed by atoms with E-state index in [-0.39, 0.29) is 11.6 Å². The molecule has 100 valence electrons. The summed E-state index contributed by atoms with van der Waals surface area (Å²) in [7, 11) is 0. The molecule has 0 N–H and O–H groups in total. The van der Waals surface area contributed by atoms with Gasteiger partial charge in [-0.05, 0) is 23.8 Å². The fraction of sp³-hybridized carbons (Fsp3) is 0.154. The van der Waals surface area contributed by atoms with Gasteiger partial charge in [-0.15, -0.1) is 11.6 Å². The Morgan fingerprint density at radius 2 is 1.95 bits per heavy atom. The van der Waals surface area contributed by atoms with E-state index in [4.69, 9.17) is 16.3 Å². The van der Waals surface area contributed by atoms with Gasteiger partial charge in [0.25, 0.3) is 0 Å². The lowest BCUT2D eigenvalue weighted by Crippen LogP contribution is -2.04. The van der Waals surface area contributed by atoms with Gasteiger partial charge in [-0.1, -0.05) is 12.1 Å². The molecular formula is C13H9ClF3NO. The van der Waals surface area contributed by atoms with Crippen molar-refractivity contribution in [3.8, 4) is 11.6 Å². The van der Waals surface area contributed by atoms with Crippen LogP contribution in [-0.2, 0) is 12.1 Å². The molecule has 1 aromatic heterocycles. The van der Waals surface area contributed by atoms with Gasteiger partial charge in [-0.3, -0.25) is 0 Å². The van der Waals surface area contributed by atoms with E-state index in [9.17, 15) is 13.2 Å². The second-order valence-electron chi connectivity index (χ2n) is 3.77. The van der Waals surface area contributed by atoms with Crippen molar-refractivity contribution in [1.29, 1.82) is 0 Å². The predicted octanol–water partition coefficient (Wildman–Crippen LogP) is 4.63. The fourth-order valence-electron chi connectivity index (χ4n) is 1.41. The lowest BCUT2D eigenvalue weighted by molar-refractivity contribution is -0.137. The molecule has 0 atom stereocenters. The Kier molecular flexibility index (Phi) is 3.95. The van der Waals surface area contributed by atoms with E-state index in [0.29, 0.717) is 5.88 Å². The highest BCUT2D eigenvalue weighted by Gasteiger charge is 2.30. The molecule has 0 aliphatic rings. The van der Waals surface area contributed by atoms with E-state index in [0.717, 1.165) is 17.7 Å². The van der Waals surface area contributed by atoms with Crippen molar-refractivity contribution in [3.05, 3.63) is 53.7 Å². The number of benzene rings is 1. The Balaban J connectivity index is 2.18. The van der Waals surface area contributed by atoms with Crippen LogP contribution in [-0.4, -0.2) is 4.98 Å². The van der Waals surface area contributed by atoms with Crippen LogP contribution in [0.1, 0.15) is 11.1 Å². The summed E-state index contributed by atoms with van der Waals surface area (Å²) >= 11 is 5.60. The van der Waals surface area contributed by atoms with Crippen molar-refractivity contribution in [3.63, 3.8) is 0 Å². The third kappa shape index (κ3) is 3.61. The van der Waals surface area contributed by atoms with Crippen LogP contribution < -0.4 is 4.74 Å². The second kappa shape index (κ2) is 5.48. The summed E-state index contributed by atoms with van der Waals surface area (Å²) in [5, 5.41) is 0. The molecule has 2 aromatic rings. The third-order valence-electron chi connectivity index (χ3n) is 2.34. The molecule has 0 bridgehead atoms. The van der Waals surface area contributed by atoms with Crippen LogP contribution in [0.4, 0.5) is 13.2 Å². The smallest absolute Gasteiger partial charge is 0.416 e. The fourth-order valence-corrected chi connectivity index (χ4v) is 1.57. The molecule has 0 aliphatic heterocycles. The van der Waals surface area contributed by atoms with Gasteiger partial charge >= 0.3 is 6.18 Å². The average molecular weight is 288 g/mol. The Morgan fingerprint density at radius 3 is 2.53 bits per heavy atom. The van der Waals surface area contributed by atoms with Crippen LogP contribution in [0.2, 0.25) is 0 Å². The summed E-state index contributed by atoms with van der Waals surface area (Å²) in [6, 6.07) is 7.88. The van der Waals surface area contributed by atoms with E-state index in [2.05, 4.69) is 4.98 Å². The van der Waals surface area contributed by atoms with Crippen molar-refractivity contribution in [1.82, 2.24) is 4.98 Å². The van der Waals surface area contributed by atoms with E-state index < -0.39 is 11.7 Å². The normalized spacial score (nSPS) is 11.4. The zero-order valence-electron chi connectivity index (χ0n) is 9.62. The molecule has 0 amide bonds. The predicted molar refractivity (Wildman–Crippen MR) is 65.3 cm³/mol. The number of hydrogen-bond donors (Lipinski definition) is 0. The number of hydrogen-bond acceptors (Lipinski definition) is 2. The first kappa shape index (κ1) is 13.7. The van der Waals surface area contributed by atoms with Gasteiger partial charge in [0.15, 0.2) is 0 Å². The number of rotatable bonds is 3. The zero-order valence-corrected chi connectivity index (χ0v) is 10.4. The van der Waals surface area contributed by atoms with Gasteiger partial charge in [0.1, 0.15) is 5.75 Å². The van der Waals surface area contributed by atoms with Crippen molar-refractivity contribution in [2.75, 3.05) is 0 Å². The summed E-state index contributed by atoms with van der Waals surface area (Å²) in [6.45, 7) is 0. The van der Waals surface area contributed by atoms with Crippen LogP contribution >= 0.6 is 11.6 Å². The average Bonchev–Trinajstić information content (AvgIpc) is 2.39. The molecule has 0 aliphatic carbocycles. The van der Waals surface area contributed by atoms with Gasteiger partial charge in [0.2, 0.25) is 5.88 Å². The standard InChI is InChI=1S/C13H9ClF3NO/c14-7-9-4-5-12(18-8-9)19-11-3-1-2-10(6-11)13(15,16)17/h1-6,8H,7H2. The van der Waals surface area contributed by atoms with Crippen molar-refractivity contribution in [2.24, 2.45) is 0 Å².